The lowest BCUT2D eigenvalue weighted by Gasteiger charge is -2.10. The Morgan fingerprint density at radius 2 is 1.10 bits per heavy atom. The molecule has 6 heteroatoms. The van der Waals surface area contributed by atoms with Crippen LogP contribution in [0.4, 0.5) is 22.0 Å². The predicted molar refractivity (Wildman–Crippen MR) is 113 cm³/mol. The van der Waals surface area contributed by atoms with Crippen molar-refractivity contribution in [3.05, 3.63) is 104 Å². The molecule has 0 saturated heterocycles. The van der Waals surface area contributed by atoms with Crippen LogP contribution in [-0.2, 0) is 32.1 Å². The molecule has 0 aliphatic carbocycles. The molecule has 0 aliphatic rings. The Morgan fingerprint density at radius 3 is 1.68 bits per heavy atom. The molecule has 0 N–H and O–H groups in total. The summed E-state index contributed by atoms with van der Waals surface area (Å²) in [6.07, 6.45) is 2.29. The highest BCUT2D eigenvalue weighted by molar-refractivity contribution is 6.30. The number of hydrogen-bond donors (Lipinski definition) is 0. The van der Waals surface area contributed by atoms with Crippen molar-refractivity contribution in [2.75, 3.05) is 0 Å². The van der Waals surface area contributed by atoms with Crippen molar-refractivity contribution < 1.29 is 22.0 Å². The van der Waals surface area contributed by atoms with Crippen LogP contribution in [0.15, 0.2) is 42.5 Å². The van der Waals surface area contributed by atoms with E-state index in [0.717, 1.165) is 18.6 Å². The molecule has 0 bridgehead atoms. The summed E-state index contributed by atoms with van der Waals surface area (Å²) in [6, 6.07) is 9.59. The maximum atomic E-state index is 14.5. The van der Waals surface area contributed by atoms with Crippen LogP contribution in [0, 0.1) is 29.1 Å². The normalized spacial score (nSPS) is 11.2. The van der Waals surface area contributed by atoms with Crippen LogP contribution in [0.1, 0.15) is 41.2 Å². The molecule has 0 heterocycles. The second kappa shape index (κ2) is 10.3. The van der Waals surface area contributed by atoms with Gasteiger partial charge < -0.3 is 0 Å². The minimum Gasteiger partial charge on any atom is -0.207 e. The Labute approximate surface area is 183 Å². The molecule has 0 nitrogen and oxygen atoms in total. The van der Waals surface area contributed by atoms with Crippen LogP contribution >= 0.6 is 11.6 Å². The Hall–Kier alpha value is -2.40. The van der Waals surface area contributed by atoms with Crippen molar-refractivity contribution in [1.29, 1.82) is 0 Å². The van der Waals surface area contributed by atoms with E-state index in [2.05, 4.69) is 0 Å². The van der Waals surface area contributed by atoms with E-state index < -0.39 is 34.1 Å². The molecule has 164 valence electrons. The number of rotatable bonds is 8. The van der Waals surface area contributed by atoms with Crippen molar-refractivity contribution in [2.45, 2.75) is 45.4 Å². The SMILES string of the molecule is CCCc1cc(F)c(CCc2ccc(CCc3cc(F)c(Cl)c(F)c3)c(F)c2)c(F)c1. The summed E-state index contributed by atoms with van der Waals surface area (Å²) in [5, 5.41) is -0.563. The molecule has 0 saturated carbocycles. The summed E-state index contributed by atoms with van der Waals surface area (Å²) >= 11 is 5.47. The molecule has 0 aromatic heterocycles. The largest absolute Gasteiger partial charge is 0.207 e. The summed E-state index contributed by atoms with van der Waals surface area (Å²) in [6.45, 7) is 1.94. The lowest BCUT2D eigenvalue weighted by Crippen LogP contribution is -2.02. The molecular weight excluding hydrogens is 431 g/mol. The first-order valence-electron chi connectivity index (χ1n) is 10.2. The van der Waals surface area contributed by atoms with Gasteiger partial charge in [0.25, 0.3) is 0 Å². The molecule has 0 spiro atoms. The Bertz CT molecular complexity index is 1030. The van der Waals surface area contributed by atoms with Gasteiger partial charge in [-0.3, -0.25) is 0 Å². The fraction of sp³-hybridized carbons (Fsp3) is 0.280. The topological polar surface area (TPSA) is 0 Å². The van der Waals surface area contributed by atoms with Crippen LogP contribution < -0.4 is 0 Å². The van der Waals surface area contributed by atoms with Gasteiger partial charge in [-0.05, 0) is 84.7 Å². The maximum absolute atomic E-state index is 14.5. The highest BCUT2D eigenvalue weighted by Gasteiger charge is 2.13. The van der Waals surface area contributed by atoms with E-state index in [1.54, 1.807) is 12.1 Å². The zero-order valence-corrected chi connectivity index (χ0v) is 17.8. The maximum Gasteiger partial charge on any atom is 0.145 e. The third-order valence-electron chi connectivity index (χ3n) is 5.25. The van der Waals surface area contributed by atoms with Crippen molar-refractivity contribution in [2.24, 2.45) is 0 Å². The predicted octanol–water partition coefficient (Wildman–Crippen LogP) is 7.56. The second-order valence-corrected chi connectivity index (χ2v) is 7.97. The zero-order valence-electron chi connectivity index (χ0n) is 17.1. The van der Waals surface area contributed by atoms with Gasteiger partial charge in [0.15, 0.2) is 0 Å². The molecule has 0 fully saturated rings. The second-order valence-electron chi connectivity index (χ2n) is 7.59. The minimum atomic E-state index is -0.852. The van der Waals surface area contributed by atoms with Gasteiger partial charge in [-0.2, -0.15) is 0 Å². The fourth-order valence-corrected chi connectivity index (χ4v) is 3.69. The number of aryl methyl sites for hydroxylation is 4. The van der Waals surface area contributed by atoms with E-state index in [-0.39, 0.29) is 31.2 Å². The first kappa shape index (κ1) is 23.3. The van der Waals surface area contributed by atoms with E-state index >= 15 is 0 Å². The van der Waals surface area contributed by atoms with Crippen LogP contribution in [-0.4, -0.2) is 0 Å². The number of halogens is 6. The van der Waals surface area contributed by atoms with E-state index in [4.69, 9.17) is 11.6 Å². The monoisotopic (exact) mass is 452 g/mol. The van der Waals surface area contributed by atoms with Gasteiger partial charge in [-0.15, -0.1) is 0 Å². The molecule has 3 rings (SSSR count). The van der Waals surface area contributed by atoms with Gasteiger partial charge in [0.05, 0.1) is 0 Å². The molecule has 0 radical (unpaired) electrons. The lowest BCUT2D eigenvalue weighted by atomic mass is 9.98. The molecule has 0 amide bonds. The quantitative estimate of drug-likeness (QED) is 0.244. The van der Waals surface area contributed by atoms with Crippen molar-refractivity contribution in [1.82, 2.24) is 0 Å². The van der Waals surface area contributed by atoms with Crippen LogP contribution in [0.25, 0.3) is 0 Å². The highest BCUT2D eigenvalue weighted by Crippen LogP contribution is 2.23. The van der Waals surface area contributed by atoms with Crippen LogP contribution in [0.2, 0.25) is 5.02 Å². The molecule has 0 unspecified atom stereocenters. The molecule has 3 aromatic carbocycles. The van der Waals surface area contributed by atoms with Crippen molar-refractivity contribution >= 4 is 11.6 Å². The summed E-state index contributed by atoms with van der Waals surface area (Å²) in [5.74, 6) is -3.33. The van der Waals surface area contributed by atoms with Gasteiger partial charge >= 0.3 is 0 Å². The summed E-state index contributed by atoms with van der Waals surface area (Å²) in [7, 11) is 0. The smallest absolute Gasteiger partial charge is 0.145 e. The van der Waals surface area contributed by atoms with Crippen molar-refractivity contribution in [3.8, 4) is 0 Å². The van der Waals surface area contributed by atoms with E-state index in [1.165, 1.54) is 18.2 Å². The average Bonchev–Trinajstić information content (AvgIpc) is 2.71. The summed E-state index contributed by atoms with van der Waals surface area (Å²) < 4.78 is 70.1. The molecule has 0 atom stereocenters. The summed E-state index contributed by atoms with van der Waals surface area (Å²) in [4.78, 5) is 0. The number of benzene rings is 3. The first-order valence-corrected chi connectivity index (χ1v) is 10.5. The van der Waals surface area contributed by atoms with Gasteiger partial charge in [-0.25, -0.2) is 22.0 Å². The highest BCUT2D eigenvalue weighted by atomic mass is 35.5. The summed E-state index contributed by atoms with van der Waals surface area (Å²) in [5.41, 5.74) is 2.00. The first-order chi connectivity index (χ1) is 14.8. The Kier molecular flexibility index (Phi) is 7.71. The van der Waals surface area contributed by atoms with E-state index in [1.807, 2.05) is 6.92 Å². The minimum absolute atomic E-state index is 0.00358. The van der Waals surface area contributed by atoms with Gasteiger partial charge in [0.1, 0.15) is 34.1 Å². The lowest BCUT2D eigenvalue weighted by molar-refractivity contribution is 0.550. The Balaban J connectivity index is 1.65. The standard InChI is InChI=1S/C25H22ClF5/c1-2-3-16-11-21(28)19(22(29)12-16)9-6-15-4-7-18(20(27)10-15)8-5-17-13-23(30)25(26)24(31)14-17/h4,7,10-14H,2-3,5-6,8-9H2,1H3. The van der Waals surface area contributed by atoms with Gasteiger partial charge in [0, 0.05) is 5.56 Å². The Morgan fingerprint density at radius 1 is 0.581 bits per heavy atom. The van der Waals surface area contributed by atoms with E-state index in [9.17, 15) is 22.0 Å². The zero-order chi connectivity index (χ0) is 22.5. The fourth-order valence-electron chi connectivity index (χ4n) is 3.58. The molecule has 3 aromatic rings. The van der Waals surface area contributed by atoms with Crippen molar-refractivity contribution in [3.63, 3.8) is 0 Å². The molecular formula is C25H22ClF5. The third-order valence-corrected chi connectivity index (χ3v) is 5.61. The van der Waals surface area contributed by atoms with E-state index in [0.29, 0.717) is 28.7 Å². The van der Waals surface area contributed by atoms with Gasteiger partial charge in [-0.1, -0.05) is 37.1 Å². The molecule has 0 aliphatic heterocycles. The van der Waals surface area contributed by atoms with Crippen LogP contribution in [0.5, 0.6) is 0 Å². The third kappa shape index (κ3) is 5.85. The molecule has 31 heavy (non-hydrogen) atoms. The number of hydrogen-bond acceptors (Lipinski definition) is 0. The van der Waals surface area contributed by atoms with Crippen LogP contribution in [0.3, 0.4) is 0 Å². The van der Waals surface area contributed by atoms with Gasteiger partial charge in [0.2, 0.25) is 0 Å². The average molecular weight is 453 g/mol.